The van der Waals surface area contributed by atoms with Gasteiger partial charge in [0, 0.05) is 19.0 Å². The maximum absolute atomic E-state index is 13.6. The first kappa shape index (κ1) is 16.8. The molecule has 0 saturated carbocycles. The number of halogens is 3. The predicted octanol–water partition coefficient (Wildman–Crippen LogP) is 1.95. The number of hydrogen-bond donors (Lipinski definition) is 2. The van der Waals surface area contributed by atoms with Crippen LogP contribution in [0.5, 0.6) is 0 Å². The molecule has 1 atom stereocenters. The Kier molecular flexibility index (Phi) is 5.57. The number of amidine groups is 1. The van der Waals surface area contributed by atoms with Crippen molar-refractivity contribution in [3.63, 3.8) is 0 Å². The normalized spacial score (nSPS) is 13.1. The summed E-state index contributed by atoms with van der Waals surface area (Å²) < 4.78 is 39.7. The van der Waals surface area contributed by atoms with Gasteiger partial charge in [0.05, 0.1) is 5.56 Å². The van der Waals surface area contributed by atoms with E-state index in [9.17, 15) is 18.0 Å². The highest BCUT2D eigenvalue weighted by Gasteiger charge is 2.24. The van der Waals surface area contributed by atoms with Gasteiger partial charge in [0.15, 0.2) is 17.5 Å². The van der Waals surface area contributed by atoms with Gasteiger partial charge in [-0.1, -0.05) is 12.1 Å². The molecule has 0 spiro atoms. The lowest BCUT2D eigenvalue weighted by Gasteiger charge is -2.24. The van der Waals surface area contributed by atoms with Crippen molar-refractivity contribution in [2.45, 2.75) is 13.8 Å². The predicted molar refractivity (Wildman–Crippen MR) is 70.5 cm³/mol. The first-order chi connectivity index (χ1) is 9.83. The Morgan fingerprint density at radius 3 is 2.52 bits per heavy atom. The fourth-order valence-electron chi connectivity index (χ4n) is 1.74. The molecule has 0 radical (unpaired) electrons. The fraction of sp³-hybridized carbons (Fsp3) is 0.385. The maximum atomic E-state index is 13.6. The Morgan fingerprint density at radius 2 is 2.00 bits per heavy atom. The SMILES string of the molecule is CCN(CC(C)C(N)=NO)C(=O)c1ccc(F)c(F)c1F. The smallest absolute Gasteiger partial charge is 0.256 e. The van der Waals surface area contributed by atoms with Gasteiger partial charge in [0.25, 0.3) is 5.91 Å². The number of hydrogen-bond acceptors (Lipinski definition) is 3. The lowest BCUT2D eigenvalue weighted by Crippen LogP contribution is -2.39. The van der Waals surface area contributed by atoms with Crippen LogP contribution in [-0.4, -0.2) is 34.9 Å². The zero-order chi connectivity index (χ0) is 16.2. The van der Waals surface area contributed by atoms with Gasteiger partial charge in [-0.15, -0.1) is 0 Å². The summed E-state index contributed by atoms with van der Waals surface area (Å²) >= 11 is 0. The van der Waals surface area contributed by atoms with Gasteiger partial charge in [-0.05, 0) is 19.1 Å². The third-order valence-electron chi connectivity index (χ3n) is 3.05. The second kappa shape index (κ2) is 6.96. The minimum absolute atomic E-state index is 0.0453. The molecule has 0 aliphatic heterocycles. The number of benzene rings is 1. The molecule has 1 rings (SSSR count). The number of nitrogens with two attached hydrogens (primary N) is 1. The number of oxime groups is 1. The van der Waals surface area contributed by atoms with Crippen molar-refractivity contribution < 1.29 is 23.2 Å². The topological polar surface area (TPSA) is 78.9 Å². The number of carbonyl (C=O) groups excluding carboxylic acids is 1. The fourth-order valence-corrected chi connectivity index (χ4v) is 1.74. The van der Waals surface area contributed by atoms with E-state index in [4.69, 9.17) is 10.9 Å². The van der Waals surface area contributed by atoms with Crippen LogP contribution < -0.4 is 5.73 Å². The number of rotatable bonds is 5. The summed E-state index contributed by atoms with van der Waals surface area (Å²) in [5.41, 5.74) is 4.84. The highest BCUT2D eigenvalue weighted by molar-refractivity contribution is 5.95. The van der Waals surface area contributed by atoms with E-state index >= 15 is 0 Å². The molecule has 5 nitrogen and oxygen atoms in total. The standard InChI is InChI=1S/C13H16F3N3O2/c1-3-19(6-7(2)12(17)18-21)13(20)8-4-5-9(14)11(16)10(8)15/h4-5,7,21H,3,6H2,1-2H3,(H2,17,18). The van der Waals surface area contributed by atoms with E-state index in [1.165, 1.54) is 4.90 Å². The highest BCUT2D eigenvalue weighted by Crippen LogP contribution is 2.17. The summed E-state index contributed by atoms with van der Waals surface area (Å²) in [6.07, 6.45) is 0. The average molecular weight is 303 g/mol. The van der Waals surface area contributed by atoms with Crippen LogP contribution in [0.25, 0.3) is 0 Å². The van der Waals surface area contributed by atoms with Crippen molar-refractivity contribution in [1.82, 2.24) is 4.90 Å². The molecule has 0 aromatic heterocycles. The first-order valence-corrected chi connectivity index (χ1v) is 6.23. The summed E-state index contributed by atoms with van der Waals surface area (Å²) in [4.78, 5) is 13.4. The van der Waals surface area contributed by atoms with Crippen molar-refractivity contribution >= 4 is 11.7 Å². The second-order valence-electron chi connectivity index (χ2n) is 4.49. The van der Waals surface area contributed by atoms with Crippen molar-refractivity contribution in [3.8, 4) is 0 Å². The Morgan fingerprint density at radius 1 is 1.38 bits per heavy atom. The van der Waals surface area contributed by atoms with Crippen LogP contribution in [0.1, 0.15) is 24.2 Å². The van der Waals surface area contributed by atoms with Crippen LogP contribution in [0.4, 0.5) is 13.2 Å². The van der Waals surface area contributed by atoms with Crippen LogP contribution in [0, 0.1) is 23.4 Å². The molecule has 0 saturated heterocycles. The van der Waals surface area contributed by atoms with E-state index in [1.54, 1.807) is 13.8 Å². The molecule has 0 aliphatic rings. The summed E-state index contributed by atoms with van der Waals surface area (Å²) in [6, 6.07) is 1.57. The van der Waals surface area contributed by atoms with Gasteiger partial charge < -0.3 is 15.8 Å². The van der Waals surface area contributed by atoms with E-state index in [0.717, 1.165) is 6.07 Å². The highest BCUT2D eigenvalue weighted by atomic mass is 19.2. The van der Waals surface area contributed by atoms with Gasteiger partial charge >= 0.3 is 0 Å². The van der Waals surface area contributed by atoms with Crippen molar-refractivity contribution in [2.24, 2.45) is 16.8 Å². The third-order valence-corrected chi connectivity index (χ3v) is 3.05. The summed E-state index contributed by atoms with van der Waals surface area (Å²) in [7, 11) is 0. The third kappa shape index (κ3) is 3.65. The minimum atomic E-state index is -1.69. The molecular formula is C13H16F3N3O2. The zero-order valence-corrected chi connectivity index (χ0v) is 11.6. The summed E-state index contributed by atoms with van der Waals surface area (Å²) in [5.74, 6) is -5.96. The van der Waals surface area contributed by atoms with Crippen LogP contribution >= 0.6 is 0 Å². The molecule has 1 unspecified atom stereocenters. The molecule has 1 aromatic rings. The molecule has 116 valence electrons. The number of amides is 1. The number of carbonyl (C=O) groups is 1. The molecule has 1 aromatic carbocycles. The average Bonchev–Trinajstić information content (AvgIpc) is 2.48. The van der Waals surface area contributed by atoms with Crippen LogP contribution in [-0.2, 0) is 0 Å². The van der Waals surface area contributed by atoms with Gasteiger partial charge in [-0.25, -0.2) is 13.2 Å². The van der Waals surface area contributed by atoms with E-state index in [1.807, 2.05) is 0 Å². The molecule has 0 fully saturated rings. The quantitative estimate of drug-likeness (QED) is 0.287. The molecule has 1 amide bonds. The number of nitrogens with zero attached hydrogens (tertiary/aromatic N) is 2. The van der Waals surface area contributed by atoms with Gasteiger partial charge in [-0.3, -0.25) is 4.79 Å². The van der Waals surface area contributed by atoms with Gasteiger partial charge in [0.1, 0.15) is 5.84 Å². The second-order valence-corrected chi connectivity index (χ2v) is 4.49. The lowest BCUT2D eigenvalue weighted by atomic mass is 10.1. The van der Waals surface area contributed by atoms with E-state index < -0.39 is 34.8 Å². The van der Waals surface area contributed by atoms with Crippen molar-refractivity contribution in [3.05, 3.63) is 35.1 Å². The molecule has 21 heavy (non-hydrogen) atoms. The van der Waals surface area contributed by atoms with Crippen molar-refractivity contribution in [1.29, 1.82) is 0 Å². The Balaban J connectivity index is 3.02. The first-order valence-electron chi connectivity index (χ1n) is 6.23. The Labute approximate surface area is 119 Å². The van der Waals surface area contributed by atoms with Crippen LogP contribution in [0.3, 0.4) is 0 Å². The largest absolute Gasteiger partial charge is 0.409 e. The molecule has 0 bridgehead atoms. The molecule has 0 heterocycles. The van der Waals surface area contributed by atoms with E-state index in [0.29, 0.717) is 6.07 Å². The Hall–Kier alpha value is -2.25. The summed E-state index contributed by atoms with van der Waals surface area (Å²) in [6.45, 7) is 3.48. The zero-order valence-electron chi connectivity index (χ0n) is 11.6. The monoisotopic (exact) mass is 303 g/mol. The van der Waals surface area contributed by atoms with Gasteiger partial charge in [-0.2, -0.15) is 0 Å². The Bertz CT molecular complexity index is 564. The van der Waals surface area contributed by atoms with E-state index in [2.05, 4.69) is 5.16 Å². The van der Waals surface area contributed by atoms with Crippen molar-refractivity contribution in [2.75, 3.05) is 13.1 Å². The molecule has 0 aliphatic carbocycles. The van der Waals surface area contributed by atoms with E-state index in [-0.39, 0.29) is 18.9 Å². The molecule has 8 heteroatoms. The minimum Gasteiger partial charge on any atom is -0.409 e. The lowest BCUT2D eigenvalue weighted by molar-refractivity contribution is 0.0747. The molecule has 3 N–H and O–H groups in total. The van der Waals surface area contributed by atoms with Crippen LogP contribution in [0.15, 0.2) is 17.3 Å². The summed E-state index contributed by atoms with van der Waals surface area (Å²) in [5, 5.41) is 11.4. The maximum Gasteiger partial charge on any atom is 0.256 e. The van der Waals surface area contributed by atoms with Gasteiger partial charge in [0.2, 0.25) is 0 Å². The van der Waals surface area contributed by atoms with Crippen LogP contribution in [0.2, 0.25) is 0 Å². The molecular weight excluding hydrogens is 287 g/mol.